The lowest BCUT2D eigenvalue weighted by Gasteiger charge is -2.12. The standard InChI is InChI=1S/C17H15F3N2O4S/c1-11(12-3-2-4-14(9-12)22(24)25)27-10-16(23)21-13-5-7-15(8-6-13)26-17(18,19)20/h2-9,11H,10H2,1H3,(H,21,23)/t11-/m1/s1. The van der Waals surface area contributed by atoms with Crippen LogP contribution in [0.25, 0.3) is 0 Å². The molecule has 0 fully saturated rings. The van der Waals surface area contributed by atoms with Crippen LogP contribution < -0.4 is 10.1 Å². The fourth-order valence-corrected chi connectivity index (χ4v) is 2.94. The molecule has 0 aliphatic heterocycles. The molecule has 0 radical (unpaired) electrons. The number of rotatable bonds is 7. The Bertz CT molecular complexity index is 813. The Morgan fingerprint density at radius 3 is 2.52 bits per heavy atom. The number of benzene rings is 2. The van der Waals surface area contributed by atoms with Gasteiger partial charge in [0.05, 0.1) is 10.7 Å². The highest BCUT2D eigenvalue weighted by Gasteiger charge is 2.30. The number of thioether (sulfide) groups is 1. The van der Waals surface area contributed by atoms with Gasteiger partial charge in [-0.3, -0.25) is 14.9 Å². The molecule has 0 bridgehead atoms. The average Bonchev–Trinajstić information content (AvgIpc) is 2.60. The number of hydrogen-bond donors (Lipinski definition) is 1. The topological polar surface area (TPSA) is 81.5 Å². The van der Waals surface area contributed by atoms with E-state index in [-0.39, 0.29) is 28.3 Å². The van der Waals surface area contributed by atoms with Gasteiger partial charge in [-0.15, -0.1) is 24.9 Å². The highest BCUT2D eigenvalue weighted by molar-refractivity contribution is 8.00. The van der Waals surface area contributed by atoms with Gasteiger partial charge >= 0.3 is 6.36 Å². The van der Waals surface area contributed by atoms with Gasteiger partial charge in [-0.05, 0) is 36.8 Å². The first-order valence-electron chi connectivity index (χ1n) is 7.65. The lowest BCUT2D eigenvalue weighted by Crippen LogP contribution is -2.17. The molecule has 0 saturated heterocycles. The third kappa shape index (κ3) is 6.81. The molecule has 10 heteroatoms. The molecule has 27 heavy (non-hydrogen) atoms. The number of alkyl halides is 3. The summed E-state index contributed by atoms with van der Waals surface area (Å²) in [5.74, 6) is -0.652. The number of non-ortho nitro benzene ring substituents is 1. The molecule has 0 aliphatic carbocycles. The van der Waals surface area contributed by atoms with Crippen molar-refractivity contribution in [3.63, 3.8) is 0 Å². The van der Waals surface area contributed by atoms with E-state index >= 15 is 0 Å². The quantitative estimate of drug-likeness (QED) is 0.527. The second kappa shape index (κ2) is 8.76. The summed E-state index contributed by atoms with van der Waals surface area (Å²) >= 11 is 1.28. The minimum Gasteiger partial charge on any atom is -0.406 e. The van der Waals surface area contributed by atoms with Crippen molar-refractivity contribution in [2.75, 3.05) is 11.1 Å². The van der Waals surface area contributed by atoms with Crippen molar-refractivity contribution in [2.45, 2.75) is 18.5 Å². The number of halogens is 3. The maximum atomic E-state index is 12.1. The van der Waals surface area contributed by atoms with Crippen molar-refractivity contribution in [3.8, 4) is 5.75 Å². The molecule has 0 saturated carbocycles. The normalized spacial score (nSPS) is 12.3. The molecular weight excluding hydrogens is 385 g/mol. The number of hydrogen-bond acceptors (Lipinski definition) is 5. The Morgan fingerprint density at radius 2 is 1.93 bits per heavy atom. The number of amides is 1. The van der Waals surface area contributed by atoms with Crippen LogP contribution in [0.4, 0.5) is 24.5 Å². The van der Waals surface area contributed by atoms with Crippen LogP contribution in [0.15, 0.2) is 48.5 Å². The van der Waals surface area contributed by atoms with Gasteiger partial charge in [-0.1, -0.05) is 12.1 Å². The van der Waals surface area contributed by atoms with Gasteiger partial charge in [0.2, 0.25) is 5.91 Å². The largest absolute Gasteiger partial charge is 0.573 e. The summed E-state index contributed by atoms with van der Waals surface area (Å²) in [5.41, 5.74) is 1.03. The molecule has 6 nitrogen and oxygen atoms in total. The molecule has 0 spiro atoms. The summed E-state index contributed by atoms with van der Waals surface area (Å²) in [6, 6.07) is 11.0. The van der Waals surface area contributed by atoms with Gasteiger partial charge < -0.3 is 10.1 Å². The molecular formula is C17H15F3N2O4S. The summed E-state index contributed by atoms with van der Waals surface area (Å²) in [6.45, 7) is 1.82. The molecule has 0 heterocycles. The second-order valence-electron chi connectivity index (χ2n) is 5.43. The first-order valence-corrected chi connectivity index (χ1v) is 8.70. The molecule has 1 amide bonds. The van der Waals surface area contributed by atoms with Crippen LogP contribution in [-0.2, 0) is 4.79 Å². The van der Waals surface area contributed by atoms with Gasteiger partial charge in [0.25, 0.3) is 5.69 Å². The van der Waals surface area contributed by atoms with E-state index in [1.807, 2.05) is 6.92 Å². The molecule has 1 atom stereocenters. The summed E-state index contributed by atoms with van der Waals surface area (Å²) in [5, 5.41) is 13.2. The van der Waals surface area contributed by atoms with Gasteiger partial charge in [-0.2, -0.15) is 0 Å². The van der Waals surface area contributed by atoms with Crippen LogP contribution in [-0.4, -0.2) is 22.9 Å². The monoisotopic (exact) mass is 400 g/mol. The van der Waals surface area contributed by atoms with Crippen LogP contribution >= 0.6 is 11.8 Å². The first kappa shape index (κ1) is 20.6. The average molecular weight is 400 g/mol. The zero-order chi connectivity index (χ0) is 20.0. The molecule has 1 N–H and O–H groups in total. The van der Waals surface area contributed by atoms with Crippen molar-refractivity contribution in [1.82, 2.24) is 0 Å². The van der Waals surface area contributed by atoms with Crippen molar-refractivity contribution < 1.29 is 27.6 Å². The van der Waals surface area contributed by atoms with E-state index in [1.54, 1.807) is 12.1 Å². The molecule has 2 aromatic carbocycles. The molecule has 0 aliphatic rings. The number of ether oxygens (including phenoxy) is 1. The Kier molecular flexibility index (Phi) is 6.67. The Balaban J connectivity index is 1.87. The van der Waals surface area contributed by atoms with E-state index in [1.165, 1.54) is 36.0 Å². The molecule has 2 rings (SSSR count). The predicted octanol–water partition coefficient (Wildman–Crippen LogP) is 4.93. The molecule has 0 unspecified atom stereocenters. The fraction of sp³-hybridized carbons (Fsp3) is 0.235. The van der Waals surface area contributed by atoms with Gasteiger partial charge in [0.15, 0.2) is 0 Å². The second-order valence-corrected chi connectivity index (χ2v) is 6.75. The molecule has 144 valence electrons. The number of nitro benzene ring substituents is 1. The maximum Gasteiger partial charge on any atom is 0.573 e. The number of anilines is 1. The first-order chi connectivity index (χ1) is 12.6. The number of nitro groups is 1. The van der Waals surface area contributed by atoms with E-state index in [9.17, 15) is 28.1 Å². The Morgan fingerprint density at radius 1 is 1.26 bits per heavy atom. The van der Waals surface area contributed by atoms with Crippen molar-refractivity contribution in [2.24, 2.45) is 0 Å². The van der Waals surface area contributed by atoms with Crippen LogP contribution in [0.1, 0.15) is 17.7 Å². The van der Waals surface area contributed by atoms with Crippen molar-refractivity contribution in [1.29, 1.82) is 0 Å². The lowest BCUT2D eigenvalue weighted by molar-refractivity contribution is -0.384. The van der Waals surface area contributed by atoms with Gasteiger partial charge in [-0.25, -0.2) is 0 Å². The van der Waals surface area contributed by atoms with E-state index in [4.69, 9.17) is 0 Å². The lowest BCUT2D eigenvalue weighted by atomic mass is 10.1. The summed E-state index contributed by atoms with van der Waals surface area (Å²) in [4.78, 5) is 22.3. The van der Waals surface area contributed by atoms with Crippen molar-refractivity contribution >= 4 is 29.0 Å². The number of carbonyl (C=O) groups is 1. The van der Waals surface area contributed by atoms with Crippen LogP contribution in [0.3, 0.4) is 0 Å². The zero-order valence-electron chi connectivity index (χ0n) is 14.0. The van der Waals surface area contributed by atoms with Crippen LogP contribution in [0, 0.1) is 10.1 Å². The van der Waals surface area contributed by atoms with Crippen molar-refractivity contribution in [3.05, 3.63) is 64.2 Å². The summed E-state index contributed by atoms with van der Waals surface area (Å²) < 4.78 is 40.1. The third-order valence-electron chi connectivity index (χ3n) is 3.39. The molecule has 0 aromatic heterocycles. The number of nitrogens with zero attached hydrogens (tertiary/aromatic N) is 1. The highest BCUT2D eigenvalue weighted by Crippen LogP contribution is 2.30. The summed E-state index contributed by atoms with van der Waals surface area (Å²) in [6.07, 6.45) is -4.77. The van der Waals surface area contributed by atoms with Gasteiger partial charge in [0.1, 0.15) is 5.75 Å². The number of carbonyl (C=O) groups excluding carboxylic acids is 1. The SMILES string of the molecule is C[C@@H](SCC(=O)Nc1ccc(OC(F)(F)F)cc1)c1cccc([N+](=O)[O-])c1. The highest BCUT2D eigenvalue weighted by atomic mass is 32.2. The van der Waals surface area contributed by atoms with E-state index in [0.717, 1.165) is 17.7 Å². The maximum absolute atomic E-state index is 12.1. The van der Waals surface area contributed by atoms with E-state index in [0.29, 0.717) is 5.69 Å². The molecule has 2 aromatic rings. The number of nitrogens with one attached hydrogen (secondary N) is 1. The van der Waals surface area contributed by atoms with Gasteiger partial charge in [0, 0.05) is 23.1 Å². The Hall–Kier alpha value is -2.75. The van der Waals surface area contributed by atoms with E-state index < -0.39 is 11.3 Å². The van der Waals surface area contributed by atoms with Crippen LogP contribution in [0.2, 0.25) is 0 Å². The van der Waals surface area contributed by atoms with E-state index in [2.05, 4.69) is 10.1 Å². The van der Waals surface area contributed by atoms with Crippen LogP contribution in [0.5, 0.6) is 5.75 Å². The zero-order valence-corrected chi connectivity index (χ0v) is 14.8. The summed E-state index contributed by atoms with van der Waals surface area (Å²) in [7, 11) is 0. The fourth-order valence-electron chi connectivity index (χ4n) is 2.13. The third-order valence-corrected chi connectivity index (χ3v) is 4.59. The minimum absolute atomic E-state index is 0.0226. The minimum atomic E-state index is -4.77. The Labute approximate surface area is 156 Å². The predicted molar refractivity (Wildman–Crippen MR) is 95.7 cm³/mol. The smallest absolute Gasteiger partial charge is 0.406 e.